The summed E-state index contributed by atoms with van der Waals surface area (Å²) in [5.74, 6) is 0.548. The third-order valence-electron chi connectivity index (χ3n) is 2.19. The van der Waals surface area contributed by atoms with Crippen LogP contribution in [0.15, 0.2) is 22.6 Å². The van der Waals surface area contributed by atoms with Crippen LogP contribution in [0.5, 0.6) is 0 Å². The average Bonchev–Trinajstić information content (AvgIpc) is 2.75. The highest BCUT2D eigenvalue weighted by molar-refractivity contribution is 5.20. The van der Waals surface area contributed by atoms with Gasteiger partial charge in [-0.15, -0.1) is 5.10 Å². The van der Waals surface area contributed by atoms with Gasteiger partial charge in [-0.2, -0.15) is 0 Å². The summed E-state index contributed by atoms with van der Waals surface area (Å²) < 4.78 is 5.33. The Labute approximate surface area is 99.3 Å². The normalized spacial score (nSPS) is 10.5. The predicted molar refractivity (Wildman–Crippen MR) is 63.4 cm³/mol. The molecular formula is C11H15N5O. The summed E-state index contributed by atoms with van der Waals surface area (Å²) in [5.41, 5.74) is 7.31. The van der Waals surface area contributed by atoms with Gasteiger partial charge in [0.1, 0.15) is 0 Å². The highest BCUT2D eigenvalue weighted by Crippen LogP contribution is 2.07. The largest absolute Gasteiger partial charge is 0.408 e. The molecule has 6 heteroatoms. The molecule has 0 bridgehead atoms. The van der Waals surface area contributed by atoms with Gasteiger partial charge < -0.3 is 15.5 Å². The quantitative estimate of drug-likeness (QED) is 0.797. The molecule has 0 aliphatic heterocycles. The molecule has 90 valence electrons. The molecule has 0 radical (unpaired) electrons. The lowest BCUT2D eigenvalue weighted by Crippen LogP contribution is -2.03. The number of aromatic nitrogens is 3. The van der Waals surface area contributed by atoms with Gasteiger partial charge in [0.15, 0.2) is 0 Å². The number of pyridine rings is 1. The van der Waals surface area contributed by atoms with Gasteiger partial charge >= 0.3 is 6.01 Å². The Morgan fingerprint density at radius 2 is 2.24 bits per heavy atom. The van der Waals surface area contributed by atoms with E-state index in [1.54, 1.807) is 0 Å². The van der Waals surface area contributed by atoms with Gasteiger partial charge in [-0.1, -0.05) is 11.2 Å². The molecule has 0 aromatic carbocycles. The lowest BCUT2D eigenvalue weighted by molar-refractivity contribution is 0.505. The SMILES string of the molecule is Cc1cccc(CNc2nnc(CCN)o2)n1. The molecule has 0 unspecified atom stereocenters. The van der Waals surface area contributed by atoms with E-state index in [9.17, 15) is 0 Å². The van der Waals surface area contributed by atoms with E-state index in [2.05, 4.69) is 20.5 Å². The van der Waals surface area contributed by atoms with Crippen LogP contribution in [0.2, 0.25) is 0 Å². The summed E-state index contributed by atoms with van der Waals surface area (Å²) >= 11 is 0. The highest BCUT2D eigenvalue weighted by Gasteiger charge is 2.04. The van der Waals surface area contributed by atoms with E-state index >= 15 is 0 Å². The first kappa shape index (κ1) is 11.5. The zero-order chi connectivity index (χ0) is 12.1. The molecule has 0 aliphatic rings. The number of anilines is 1. The van der Waals surface area contributed by atoms with Crippen LogP contribution in [0, 0.1) is 6.92 Å². The number of hydrogen-bond acceptors (Lipinski definition) is 6. The van der Waals surface area contributed by atoms with Crippen LogP contribution in [-0.4, -0.2) is 21.7 Å². The van der Waals surface area contributed by atoms with Crippen LogP contribution in [0.4, 0.5) is 6.01 Å². The van der Waals surface area contributed by atoms with Gasteiger partial charge in [-0.25, -0.2) is 0 Å². The van der Waals surface area contributed by atoms with Crippen LogP contribution >= 0.6 is 0 Å². The molecule has 2 aromatic rings. The van der Waals surface area contributed by atoms with Crippen molar-refractivity contribution in [2.24, 2.45) is 5.73 Å². The Morgan fingerprint density at radius 3 is 3.00 bits per heavy atom. The van der Waals surface area contributed by atoms with Crippen molar-refractivity contribution in [2.45, 2.75) is 19.9 Å². The summed E-state index contributed by atoms with van der Waals surface area (Å²) in [7, 11) is 0. The third kappa shape index (κ3) is 3.25. The maximum absolute atomic E-state index is 5.39. The molecule has 0 saturated carbocycles. The van der Waals surface area contributed by atoms with Crippen LogP contribution in [-0.2, 0) is 13.0 Å². The summed E-state index contributed by atoms with van der Waals surface area (Å²) in [6.45, 7) is 3.02. The second-order valence-corrected chi connectivity index (χ2v) is 3.66. The molecule has 0 atom stereocenters. The van der Waals surface area contributed by atoms with Gasteiger partial charge in [0.2, 0.25) is 5.89 Å². The number of nitrogens with two attached hydrogens (primary N) is 1. The van der Waals surface area contributed by atoms with Crippen molar-refractivity contribution in [2.75, 3.05) is 11.9 Å². The second kappa shape index (κ2) is 5.40. The second-order valence-electron chi connectivity index (χ2n) is 3.66. The van der Waals surface area contributed by atoms with Crippen LogP contribution in [0.25, 0.3) is 0 Å². The third-order valence-corrected chi connectivity index (χ3v) is 2.19. The van der Waals surface area contributed by atoms with E-state index in [1.165, 1.54) is 0 Å². The minimum Gasteiger partial charge on any atom is -0.408 e. The van der Waals surface area contributed by atoms with Crippen molar-refractivity contribution in [3.05, 3.63) is 35.5 Å². The maximum atomic E-state index is 5.39. The molecule has 0 amide bonds. The van der Waals surface area contributed by atoms with E-state index in [0.717, 1.165) is 11.4 Å². The topological polar surface area (TPSA) is 89.9 Å². The van der Waals surface area contributed by atoms with Gasteiger partial charge in [-0.05, 0) is 19.1 Å². The number of nitrogens with one attached hydrogen (secondary N) is 1. The first-order valence-electron chi connectivity index (χ1n) is 5.47. The lowest BCUT2D eigenvalue weighted by atomic mass is 10.3. The molecule has 0 saturated heterocycles. The zero-order valence-electron chi connectivity index (χ0n) is 9.68. The van der Waals surface area contributed by atoms with Crippen molar-refractivity contribution < 1.29 is 4.42 Å². The molecule has 2 rings (SSSR count). The minimum absolute atomic E-state index is 0.400. The Morgan fingerprint density at radius 1 is 1.35 bits per heavy atom. The molecule has 0 fully saturated rings. The minimum atomic E-state index is 0.400. The van der Waals surface area contributed by atoms with Crippen LogP contribution in [0.3, 0.4) is 0 Å². The van der Waals surface area contributed by atoms with Crippen molar-refractivity contribution in [3.8, 4) is 0 Å². The van der Waals surface area contributed by atoms with Crippen molar-refractivity contribution in [1.82, 2.24) is 15.2 Å². The van der Waals surface area contributed by atoms with Gasteiger partial charge in [0.25, 0.3) is 0 Å². The Hall–Kier alpha value is -1.95. The first-order valence-corrected chi connectivity index (χ1v) is 5.47. The van der Waals surface area contributed by atoms with E-state index in [4.69, 9.17) is 10.2 Å². The zero-order valence-corrected chi connectivity index (χ0v) is 9.68. The van der Waals surface area contributed by atoms with Crippen molar-refractivity contribution in [3.63, 3.8) is 0 Å². The summed E-state index contributed by atoms with van der Waals surface area (Å²) in [5, 5.41) is 10.7. The summed E-state index contributed by atoms with van der Waals surface area (Å²) in [4.78, 5) is 4.36. The number of rotatable bonds is 5. The Kier molecular flexibility index (Phi) is 3.66. The summed E-state index contributed by atoms with van der Waals surface area (Å²) in [6, 6.07) is 6.26. The molecule has 6 nitrogen and oxygen atoms in total. The molecule has 17 heavy (non-hydrogen) atoms. The molecule has 0 spiro atoms. The molecule has 2 heterocycles. The fourth-order valence-corrected chi connectivity index (χ4v) is 1.41. The molecule has 2 aromatic heterocycles. The van der Waals surface area contributed by atoms with E-state index in [-0.39, 0.29) is 0 Å². The highest BCUT2D eigenvalue weighted by atomic mass is 16.4. The van der Waals surface area contributed by atoms with Gasteiger partial charge in [0, 0.05) is 18.7 Å². The van der Waals surface area contributed by atoms with Crippen molar-refractivity contribution in [1.29, 1.82) is 0 Å². The molecule has 0 aliphatic carbocycles. The van der Waals surface area contributed by atoms with E-state index in [1.807, 2.05) is 25.1 Å². The monoisotopic (exact) mass is 233 g/mol. The molecule has 3 N–H and O–H groups in total. The Balaban J connectivity index is 1.93. The smallest absolute Gasteiger partial charge is 0.315 e. The van der Waals surface area contributed by atoms with Crippen LogP contribution in [0.1, 0.15) is 17.3 Å². The number of aryl methyl sites for hydroxylation is 1. The first-order chi connectivity index (χ1) is 8.28. The lowest BCUT2D eigenvalue weighted by Gasteiger charge is -2.01. The fraction of sp³-hybridized carbons (Fsp3) is 0.364. The van der Waals surface area contributed by atoms with Gasteiger partial charge in [0.05, 0.1) is 12.2 Å². The van der Waals surface area contributed by atoms with E-state index < -0.39 is 0 Å². The summed E-state index contributed by atoms with van der Waals surface area (Å²) in [6.07, 6.45) is 0.595. The predicted octanol–water partition coefficient (Wildman–Crippen LogP) is 0.886. The average molecular weight is 233 g/mol. The van der Waals surface area contributed by atoms with Crippen LogP contribution < -0.4 is 11.1 Å². The maximum Gasteiger partial charge on any atom is 0.315 e. The standard InChI is InChI=1S/C11H15N5O/c1-8-3-2-4-9(14-8)7-13-11-16-15-10(17-11)5-6-12/h2-4H,5-7,12H2,1H3,(H,13,16). The van der Waals surface area contributed by atoms with Crippen molar-refractivity contribution >= 4 is 6.01 Å². The Bertz CT molecular complexity index is 482. The van der Waals surface area contributed by atoms with Gasteiger partial charge in [-0.3, -0.25) is 4.98 Å². The van der Waals surface area contributed by atoms with E-state index in [0.29, 0.717) is 31.4 Å². The number of nitrogens with zero attached hydrogens (tertiary/aromatic N) is 3. The fourth-order valence-electron chi connectivity index (χ4n) is 1.41. The number of hydrogen-bond donors (Lipinski definition) is 2. The molecular weight excluding hydrogens is 218 g/mol.